The van der Waals surface area contributed by atoms with E-state index in [1.165, 1.54) is 37.0 Å². The van der Waals surface area contributed by atoms with E-state index in [1.54, 1.807) is 0 Å². The minimum Gasteiger partial charge on any atom is -0.358 e. The normalized spacial score (nSPS) is 27.0. The van der Waals surface area contributed by atoms with E-state index < -0.39 is 0 Å². The third-order valence-electron chi connectivity index (χ3n) is 3.05. The molecule has 80 valence electrons. The zero-order valence-corrected chi connectivity index (χ0v) is 9.18. The Morgan fingerprint density at radius 3 is 2.86 bits per heavy atom. The zero-order valence-electron chi connectivity index (χ0n) is 9.18. The standard InChI is InChI=1S/C11H20N2O/c1-3-13-10-8-6-5-7-9(10)11(12-13)14-4-2/h11-12H,3-8H2,1-2H3. The summed E-state index contributed by atoms with van der Waals surface area (Å²) in [6.45, 7) is 6.05. The number of hydrogen-bond acceptors (Lipinski definition) is 3. The number of nitrogens with zero attached hydrogens (tertiary/aromatic N) is 1. The van der Waals surface area contributed by atoms with Crippen molar-refractivity contribution in [2.24, 2.45) is 0 Å². The summed E-state index contributed by atoms with van der Waals surface area (Å²) in [5, 5.41) is 2.26. The van der Waals surface area contributed by atoms with Crippen LogP contribution in [0.25, 0.3) is 0 Å². The van der Waals surface area contributed by atoms with Gasteiger partial charge in [-0.3, -0.25) is 0 Å². The molecular weight excluding hydrogens is 176 g/mol. The van der Waals surface area contributed by atoms with E-state index in [0.29, 0.717) is 0 Å². The molecule has 1 aliphatic carbocycles. The summed E-state index contributed by atoms with van der Waals surface area (Å²) in [6.07, 6.45) is 5.25. The van der Waals surface area contributed by atoms with E-state index in [2.05, 4.69) is 24.3 Å². The SMILES string of the molecule is CCOC1NN(CC)C2=C1CCCC2. The predicted octanol–water partition coefficient (Wildman–Crippen LogP) is 2.02. The van der Waals surface area contributed by atoms with E-state index in [4.69, 9.17) is 4.74 Å². The van der Waals surface area contributed by atoms with E-state index >= 15 is 0 Å². The maximum Gasteiger partial charge on any atom is 0.148 e. The average molecular weight is 196 g/mol. The number of nitrogens with one attached hydrogen (secondary N) is 1. The minimum atomic E-state index is 0.162. The summed E-state index contributed by atoms with van der Waals surface area (Å²) >= 11 is 0. The van der Waals surface area contributed by atoms with Crippen molar-refractivity contribution >= 4 is 0 Å². The fourth-order valence-electron chi connectivity index (χ4n) is 2.39. The van der Waals surface area contributed by atoms with Crippen molar-refractivity contribution in [3.63, 3.8) is 0 Å². The summed E-state index contributed by atoms with van der Waals surface area (Å²) in [5.41, 5.74) is 6.42. The van der Waals surface area contributed by atoms with Crippen LogP contribution in [0, 0.1) is 0 Å². The monoisotopic (exact) mass is 196 g/mol. The first-order valence-corrected chi connectivity index (χ1v) is 5.74. The maximum absolute atomic E-state index is 5.69. The zero-order chi connectivity index (χ0) is 9.97. The molecule has 1 heterocycles. The Labute approximate surface area is 86.1 Å². The number of hydrazine groups is 1. The topological polar surface area (TPSA) is 24.5 Å². The van der Waals surface area contributed by atoms with Gasteiger partial charge in [-0.2, -0.15) is 0 Å². The third kappa shape index (κ3) is 1.66. The first-order valence-electron chi connectivity index (χ1n) is 5.74. The highest BCUT2D eigenvalue weighted by atomic mass is 16.5. The molecule has 2 rings (SSSR count). The van der Waals surface area contributed by atoms with Crippen LogP contribution in [0.5, 0.6) is 0 Å². The van der Waals surface area contributed by atoms with Gasteiger partial charge in [-0.05, 0) is 45.1 Å². The largest absolute Gasteiger partial charge is 0.358 e. The van der Waals surface area contributed by atoms with Crippen LogP contribution < -0.4 is 5.43 Å². The summed E-state index contributed by atoms with van der Waals surface area (Å²) in [4.78, 5) is 0. The Kier molecular flexibility index (Phi) is 3.08. The molecule has 0 bridgehead atoms. The van der Waals surface area contributed by atoms with Gasteiger partial charge in [0.25, 0.3) is 0 Å². The van der Waals surface area contributed by atoms with Crippen molar-refractivity contribution in [1.82, 2.24) is 10.4 Å². The highest BCUT2D eigenvalue weighted by molar-refractivity contribution is 5.23. The molecule has 0 aromatic rings. The molecule has 1 aliphatic heterocycles. The van der Waals surface area contributed by atoms with Crippen LogP contribution in [0.2, 0.25) is 0 Å². The van der Waals surface area contributed by atoms with Crippen molar-refractivity contribution in [3.05, 3.63) is 11.3 Å². The Balaban J connectivity index is 2.13. The molecular formula is C11H20N2O. The number of rotatable bonds is 3. The van der Waals surface area contributed by atoms with Gasteiger partial charge in [0.1, 0.15) is 6.23 Å². The Bertz CT molecular complexity index is 237. The molecule has 0 saturated carbocycles. The summed E-state index contributed by atoms with van der Waals surface area (Å²) < 4.78 is 5.69. The minimum absolute atomic E-state index is 0.162. The Morgan fingerprint density at radius 1 is 1.36 bits per heavy atom. The lowest BCUT2D eigenvalue weighted by atomic mass is 9.96. The molecule has 0 saturated heterocycles. The predicted molar refractivity (Wildman–Crippen MR) is 56.4 cm³/mol. The lowest BCUT2D eigenvalue weighted by Crippen LogP contribution is -2.38. The van der Waals surface area contributed by atoms with Gasteiger partial charge < -0.3 is 9.75 Å². The lowest BCUT2D eigenvalue weighted by Gasteiger charge is -2.22. The molecule has 0 amide bonds. The smallest absolute Gasteiger partial charge is 0.148 e. The second-order valence-electron chi connectivity index (χ2n) is 3.89. The first kappa shape index (κ1) is 9.99. The van der Waals surface area contributed by atoms with Crippen LogP contribution >= 0.6 is 0 Å². The highest BCUT2D eigenvalue weighted by Gasteiger charge is 2.31. The average Bonchev–Trinajstić information content (AvgIpc) is 2.58. The van der Waals surface area contributed by atoms with Gasteiger partial charge in [-0.1, -0.05) is 0 Å². The van der Waals surface area contributed by atoms with Crippen molar-refractivity contribution in [1.29, 1.82) is 0 Å². The molecule has 0 aromatic carbocycles. The Hall–Kier alpha value is -0.540. The van der Waals surface area contributed by atoms with E-state index in [9.17, 15) is 0 Å². The van der Waals surface area contributed by atoms with Gasteiger partial charge in [0.15, 0.2) is 0 Å². The Morgan fingerprint density at radius 2 is 2.14 bits per heavy atom. The summed E-state index contributed by atoms with van der Waals surface area (Å²) in [6, 6.07) is 0. The quantitative estimate of drug-likeness (QED) is 0.747. The summed E-state index contributed by atoms with van der Waals surface area (Å²) in [7, 11) is 0. The van der Waals surface area contributed by atoms with Gasteiger partial charge in [0.2, 0.25) is 0 Å². The molecule has 3 heteroatoms. The third-order valence-corrected chi connectivity index (χ3v) is 3.05. The molecule has 0 spiro atoms. The van der Waals surface area contributed by atoms with Gasteiger partial charge in [-0.15, -0.1) is 0 Å². The molecule has 0 aromatic heterocycles. The van der Waals surface area contributed by atoms with Crippen LogP contribution in [0.1, 0.15) is 39.5 Å². The number of ether oxygens (including phenoxy) is 1. The van der Waals surface area contributed by atoms with Crippen LogP contribution in [0.4, 0.5) is 0 Å². The highest BCUT2D eigenvalue weighted by Crippen LogP contribution is 2.33. The fraction of sp³-hybridized carbons (Fsp3) is 0.818. The van der Waals surface area contributed by atoms with Gasteiger partial charge in [-0.25, -0.2) is 5.43 Å². The number of allylic oxidation sites excluding steroid dienone is 1. The van der Waals surface area contributed by atoms with Gasteiger partial charge in [0, 0.05) is 18.8 Å². The van der Waals surface area contributed by atoms with Crippen molar-refractivity contribution in [2.75, 3.05) is 13.2 Å². The van der Waals surface area contributed by atoms with E-state index in [1.807, 2.05) is 0 Å². The summed E-state index contributed by atoms with van der Waals surface area (Å²) in [5.74, 6) is 0. The molecule has 0 fully saturated rings. The molecule has 0 radical (unpaired) electrons. The molecule has 3 nitrogen and oxygen atoms in total. The van der Waals surface area contributed by atoms with Crippen molar-refractivity contribution in [2.45, 2.75) is 45.8 Å². The van der Waals surface area contributed by atoms with Crippen LogP contribution in [0.3, 0.4) is 0 Å². The maximum atomic E-state index is 5.69. The molecule has 1 unspecified atom stereocenters. The lowest BCUT2D eigenvalue weighted by molar-refractivity contribution is 0.0339. The van der Waals surface area contributed by atoms with E-state index in [-0.39, 0.29) is 6.23 Å². The second kappa shape index (κ2) is 4.32. The van der Waals surface area contributed by atoms with Crippen molar-refractivity contribution < 1.29 is 4.74 Å². The second-order valence-corrected chi connectivity index (χ2v) is 3.89. The van der Waals surface area contributed by atoms with Crippen molar-refractivity contribution in [3.8, 4) is 0 Å². The van der Waals surface area contributed by atoms with Crippen LogP contribution in [-0.4, -0.2) is 24.4 Å². The molecule has 1 atom stereocenters. The van der Waals surface area contributed by atoms with Crippen LogP contribution in [0.15, 0.2) is 11.3 Å². The first-order chi connectivity index (χ1) is 6.86. The van der Waals surface area contributed by atoms with E-state index in [0.717, 1.165) is 13.2 Å². The fourth-order valence-corrected chi connectivity index (χ4v) is 2.39. The van der Waals surface area contributed by atoms with Gasteiger partial charge >= 0.3 is 0 Å². The molecule has 14 heavy (non-hydrogen) atoms. The van der Waals surface area contributed by atoms with Crippen LogP contribution in [-0.2, 0) is 4.74 Å². The molecule has 2 aliphatic rings. The molecule has 1 N–H and O–H groups in total. The van der Waals surface area contributed by atoms with Gasteiger partial charge in [0.05, 0.1) is 0 Å². The number of hydrogen-bond donors (Lipinski definition) is 1.